The van der Waals surface area contributed by atoms with Crippen molar-refractivity contribution in [3.05, 3.63) is 89.5 Å². The average molecular weight is 497 g/mol. The Kier molecular flexibility index (Phi) is 7.52. The van der Waals surface area contributed by atoms with Gasteiger partial charge in [-0.05, 0) is 60.9 Å². The monoisotopic (exact) mass is 496 g/mol. The fourth-order valence-electron chi connectivity index (χ4n) is 3.84. The molecule has 0 radical (unpaired) electrons. The molecule has 8 nitrogen and oxygen atoms in total. The third kappa shape index (κ3) is 5.90. The van der Waals surface area contributed by atoms with E-state index < -0.39 is 26.6 Å². The van der Waals surface area contributed by atoms with Crippen LogP contribution in [-0.4, -0.2) is 42.6 Å². The lowest BCUT2D eigenvalue weighted by molar-refractivity contribution is 0.0949. The predicted molar refractivity (Wildman–Crippen MR) is 129 cm³/mol. The third-order valence-electron chi connectivity index (χ3n) is 5.71. The molecule has 10 heteroatoms. The van der Waals surface area contributed by atoms with E-state index in [4.69, 9.17) is 0 Å². The Labute approximate surface area is 203 Å². The van der Waals surface area contributed by atoms with E-state index in [1.54, 1.807) is 36.4 Å². The number of benzene rings is 2. The molecule has 182 valence electrons. The second-order valence-electron chi connectivity index (χ2n) is 8.18. The molecule has 2 heterocycles. The van der Waals surface area contributed by atoms with Gasteiger partial charge >= 0.3 is 0 Å². The van der Waals surface area contributed by atoms with Crippen LogP contribution in [0.2, 0.25) is 0 Å². The van der Waals surface area contributed by atoms with Crippen molar-refractivity contribution < 1.29 is 22.4 Å². The minimum absolute atomic E-state index is 0.0455. The van der Waals surface area contributed by atoms with Crippen LogP contribution < -0.4 is 10.6 Å². The van der Waals surface area contributed by atoms with Crippen molar-refractivity contribution in [1.82, 2.24) is 14.6 Å². The summed E-state index contributed by atoms with van der Waals surface area (Å²) < 4.78 is 41.5. The maximum absolute atomic E-state index is 14.4. The van der Waals surface area contributed by atoms with Gasteiger partial charge in [0.2, 0.25) is 10.0 Å². The number of pyridine rings is 1. The van der Waals surface area contributed by atoms with E-state index in [9.17, 15) is 22.4 Å². The molecule has 0 atom stereocenters. The lowest BCUT2D eigenvalue weighted by atomic mass is 10.1. The van der Waals surface area contributed by atoms with Crippen LogP contribution in [0, 0.1) is 5.82 Å². The number of nitrogens with zero attached hydrogens (tertiary/aromatic N) is 2. The van der Waals surface area contributed by atoms with Gasteiger partial charge in [-0.3, -0.25) is 14.6 Å². The Hall–Kier alpha value is -3.63. The number of carbonyl (C=O) groups is 2. The van der Waals surface area contributed by atoms with Gasteiger partial charge in [-0.2, -0.15) is 4.31 Å². The number of hydrogen-bond acceptors (Lipinski definition) is 5. The molecule has 2 N–H and O–H groups in total. The Morgan fingerprint density at radius 3 is 2.40 bits per heavy atom. The molecule has 4 rings (SSSR count). The zero-order valence-corrected chi connectivity index (χ0v) is 19.7. The third-order valence-corrected chi connectivity index (χ3v) is 7.62. The quantitative estimate of drug-likeness (QED) is 0.520. The normalized spacial score (nSPS) is 14.3. The topological polar surface area (TPSA) is 108 Å². The van der Waals surface area contributed by atoms with E-state index in [0.29, 0.717) is 29.9 Å². The van der Waals surface area contributed by atoms with E-state index in [1.165, 1.54) is 22.8 Å². The van der Waals surface area contributed by atoms with Crippen LogP contribution >= 0.6 is 0 Å². The van der Waals surface area contributed by atoms with E-state index >= 15 is 0 Å². The number of piperidine rings is 1. The van der Waals surface area contributed by atoms with Crippen molar-refractivity contribution in [2.24, 2.45) is 0 Å². The molecule has 3 aromatic rings. The number of nitrogens with one attached hydrogen (secondary N) is 2. The minimum Gasteiger partial charge on any atom is -0.348 e. The van der Waals surface area contributed by atoms with Gasteiger partial charge in [-0.1, -0.05) is 18.6 Å². The number of aromatic nitrogens is 1. The minimum atomic E-state index is -4.02. The van der Waals surface area contributed by atoms with Crippen LogP contribution in [0.4, 0.5) is 10.1 Å². The molecule has 1 aliphatic rings. The largest absolute Gasteiger partial charge is 0.348 e. The van der Waals surface area contributed by atoms with E-state index in [-0.39, 0.29) is 18.0 Å². The van der Waals surface area contributed by atoms with Crippen molar-refractivity contribution in [3.63, 3.8) is 0 Å². The Balaban J connectivity index is 1.43. The van der Waals surface area contributed by atoms with Gasteiger partial charge in [0.1, 0.15) is 10.7 Å². The summed E-state index contributed by atoms with van der Waals surface area (Å²) in [6.45, 7) is 0.807. The van der Waals surface area contributed by atoms with Gasteiger partial charge in [0.05, 0.1) is 0 Å². The number of sulfonamides is 1. The highest BCUT2D eigenvalue weighted by Gasteiger charge is 2.29. The van der Waals surface area contributed by atoms with Gasteiger partial charge < -0.3 is 10.6 Å². The smallest absolute Gasteiger partial charge is 0.255 e. The highest BCUT2D eigenvalue weighted by molar-refractivity contribution is 7.89. The molecule has 1 aliphatic heterocycles. The first-order valence-electron chi connectivity index (χ1n) is 11.2. The molecule has 2 amide bonds. The lowest BCUT2D eigenvalue weighted by Gasteiger charge is -2.26. The number of hydrogen-bond donors (Lipinski definition) is 2. The van der Waals surface area contributed by atoms with E-state index in [0.717, 1.165) is 31.4 Å². The lowest BCUT2D eigenvalue weighted by Crippen LogP contribution is -2.36. The SMILES string of the molecule is O=C(NCc1cccc(NC(=O)c2ccncc2)c1)c1ccc(F)c(S(=O)(=O)N2CCCCC2)c1. The molecular formula is C25H25FN4O4S. The Morgan fingerprint density at radius 1 is 0.914 bits per heavy atom. The summed E-state index contributed by atoms with van der Waals surface area (Å²) in [5.41, 5.74) is 1.78. The van der Waals surface area contributed by atoms with Crippen LogP contribution in [0.15, 0.2) is 71.9 Å². The second kappa shape index (κ2) is 10.7. The molecule has 0 unspecified atom stereocenters. The summed E-state index contributed by atoms with van der Waals surface area (Å²) in [7, 11) is -4.02. The first kappa shape index (κ1) is 24.5. The number of amides is 2. The van der Waals surface area contributed by atoms with E-state index in [1.807, 2.05) is 0 Å². The summed E-state index contributed by atoms with van der Waals surface area (Å²) in [4.78, 5) is 28.4. The van der Waals surface area contributed by atoms with E-state index in [2.05, 4.69) is 15.6 Å². The van der Waals surface area contributed by atoms with Gasteiger partial charge in [0.15, 0.2) is 0 Å². The van der Waals surface area contributed by atoms with Crippen molar-refractivity contribution in [1.29, 1.82) is 0 Å². The molecule has 0 spiro atoms. The van der Waals surface area contributed by atoms with Crippen LogP contribution in [0.5, 0.6) is 0 Å². The summed E-state index contributed by atoms with van der Waals surface area (Å²) in [6.07, 6.45) is 5.44. The van der Waals surface area contributed by atoms with Crippen molar-refractivity contribution in [3.8, 4) is 0 Å². The Bertz CT molecular complexity index is 1330. The molecule has 0 aliphatic carbocycles. The Morgan fingerprint density at radius 2 is 1.66 bits per heavy atom. The zero-order valence-electron chi connectivity index (χ0n) is 18.9. The maximum atomic E-state index is 14.4. The zero-order chi connectivity index (χ0) is 24.8. The summed E-state index contributed by atoms with van der Waals surface area (Å²) in [5.74, 6) is -1.71. The molecule has 0 bridgehead atoms. The number of rotatable bonds is 7. The van der Waals surface area contributed by atoms with Gasteiger partial charge in [-0.15, -0.1) is 0 Å². The number of halogens is 1. The number of anilines is 1. The first-order chi connectivity index (χ1) is 16.8. The highest BCUT2D eigenvalue weighted by atomic mass is 32.2. The average Bonchev–Trinajstić information content (AvgIpc) is 2.88. The van der Waals surface area contributed by atoms with Crippen molar-refractivity contribution in [2.75, 3.05) is 18.4 Å². The second-order valence-corrected chi connectivity index (χ2v) is 10.1. The van der Waals surface area contributed by atoms with Gasteiger partial charge in [-0.25, -0.2) is 12.8 Å². The van der Waals surface area contributed by atoms with Crippen LogP contribution in [0.3, 0.4) is 0 Å². The molecule has 35 heavy (non-hydrogen) atoms. The molecule has 2 aromatic carbocycles. The maximum Gasteiger partial charge on any atom is 0.255 e. The van der Waals surface area contributed by atoms with Crippen molar-refractivity contribution >= 4 is 27.5 Å². The first-order valence-corrected chi connectivity index (χ1v) is 12.7. The summed E-state index contributed by atoms with van der Waals surface area (Å²) >= 11 is 0. The molecule has 1 aromatic heterocycles. The fraction of sp³-hybridized carbons (Fsp3) is 0.240. The summed E-state index contributed by atoms with van der Waals surface area (Å²) in [5, 5.41) is 5.50. The number of carbonyl (C=O) groups excluding carboxylic acids is 2. The standard InChI is InChI=1S/C25H25FN4O4S/c26-22-8-7-20(16-23(22)35(33,34)30-13-2-1-3-14-30)24(31)28-17-18-5-4-6-21(15-18)29-25(32)19-9-11-27-12-10-19/h4-12,15-16H,1-3,13-14,17H2,(H,28,31)(H,29,32). The molecular weight excluding hydrogens is 471 g/mol. The van der Waals surface area contributed by atoms with Gasteiger partial charge in [0, 0.05) is 48.8 Å². The predicted octanol–water partition coefficient (Wildman–Crippen LogP) is 3.58. The molecule has 0 saturated carbocycles. The van der Waals surface area contributed by atoms with Gasteiger partial charge in [0.25, 0.3) is 11.8 Å². The van der Waals surface area contributed by atoms with Crippen LogP contribution in [0.1, 0.15) is 45.5 Å². The highest BCUT2D eigenvalue weighted by Crippen LogP contribution is 2.24. The summed E-state index contributed by atoms with van der Waals surface area (Å²) in [6, 6.07) is 13.5. The molecule has 1 saturated heterocycles. The van der Waals surface area contributed by atoms with Crippen LogP contribution in [-0.2, 0) is 16.6 Å². The fourth-order valence-corrected chi connectivity index (χ4v) is 5.44. The van der Waals surface area contributed by atoms with Crippen LogP contribution in [0.25, 0.3) is 0 Å². The van der Waals surface area contributed by atoms with Crippen molar-refractivity contribution in [2.45, 2.75) is 30.7 Å². The molecule has 1 fully saturated rings.